The average Bonchev–Trinajstić information content (AvgIpc) is 2.60. The molecule has 0 radical (unpaired) electrons. The maximum Gasteiger partial charge on any atom is 0.297 e. The highest BCUT2D eigenvalue weighted by atomic mass is 32.2. The van der Waals surface area contributed by atoms with Crippen molar-refractivity contribution in [2.75, 3.05) is 6.61 Å². The summed E-state index contributed by atoms with van der Waals surface area (Å²) in [5.41, 5.74) is 0. The van der Waals surface area contributed by atoms with Gasteiger partial charge in [-0.1, -0.05) is 18.2 Å². The van der Waals surface area contributed by atoms with E-state index in [-0.39, 0.29) is 24.3 Å². The Balaban J connectivity index is 2.03. The maximum atomic E-state index is 12.9. The molecule has 0 saturated heterocycles. The van der Waals surface area contributed by atoms with Gasteiger partial charge in [0.05, 0.1) is 4.90 Å². The number of carbonyl (C=O) groups excluding carboxylic acids is 1. The molecule has 2 aromatic carbocycles. The number of hydrogen-bond acceptors (Lipinski definition) is 5. The normalized spacial score (nSPS) is 12.5. The number of carbonyl (C=O) groups is 1. The fraction of sp³-hybridized carbons (Fsp3) is 0.235. The van der Waals surface area contributed by atoms with E-state index in [1.165, 1.54) is 36.4 Å². The molecular weight excluding hydrogens is 335 g/mol. The molecule has 2 rings (SSSR count). The summed E-state index contributed by atoms with van der Waals surface area (Å²) >= 11 is 0. The van der Waals surface area contributed by atoms with Crippen molar-refractivity contribution in [2.24, 2.45) is 0 Å². The van der Waals surface area contributed by atoms with Crippen LogP contribution in [0.1, 0.15) is 12.8 Å². The molecule has 0 N–H and O–H groups in total. The van der Waals surface area contributed by atoms with Crippen LogP contribution < -0.4 is 4.74 Å². The molecule has 0 amide bonds. The smallest absolute Gasteiger partial charge is 0.297 e. The standard InChI is InChI=1S/C17H17FO5S/c18-14-8-10-15(11-9-14)23-16(5-4-12-19)13-22-24(20,21)17-6-2-1-3-7-17/h1-3,6-12,16H,4-5,13H2/t16-/m1/s1. The molecule has 0 aromatic heterocycles. The summed E-state index contributed by atoms with van der Waals surface area (Å²) in [6.45, 7) is -0.248. The summed E-state index contributed by atoms with van der Waals surface area (Å²) in [4.78, 5) is 10.6. The Morgan fingerprint density at radius 1 is 1.04 bits per heavy atom. The van der Waals surface area contributed by atoms with E-state index in [9.17, 15) is 17.6 Å². The number of aldehydes is 1. The molecule has 0 fully saturated rings. The molecule has 0 aliphatic heterocycles. The third kappa shape index (κ3) is 5.43. The van der Waals surface area contributed by atoms with Crippen molar-refractivity contribution in [3.05, 3.63) is 60.4 Å². The van der Waals surface area contributed by atoms with E-state index in [1.807, 2.05) is 0 Å². The van der Waals surface area contributed by atoms with Gasteiger partial charge in [-0.3, -0.25) is 4.18 Å². The largest absolute Gasteiger partial charge is 0.488 e. The van der Waals surface area contributed by atoms with Crippen molar-refractivity contribution in [2.45, 2.75) is 23.8 Å². The summed E-state index contributed by atoms with van der Waals surface area (Å²) in [6.07, 6.45) is 0.539. The van der Waals surface area contributed by atoms with Gasteiger partial charge in [0.15, 0.2) is 0 Å². The van der Waals surface area contributed by atoms with Crippen molar-refractivity contribution in [3.8, 4) is 5.75 Å². The molecule has 7 heteroatoms. The fourth-order valence-corrected chi connectivity index (χ4v) is 2.91. The van der Waals surface area contributed by atoms with E-state index in [2.05, 4.69) is 0 Å². The van der Waals surface area contributed by atoms with Gasteiger partial charge < -0.3 is 9.53 Å². The van der Waals surface area contributed by atoms with Gasteiger partial charge in [-0.05, 0) is 42.8 Å². The molecule has 1 atom stereocenters. The molecule has 128 valence electrons. The Morgan fingerprint density at radius 2 is 1.71 bits per heavy atom. The van der Waals surface area contributed by atoms with Gasteiger partial charge in [0.1, 0.15) is 30.6 Å². The molecule has 0 saturated carbocycles. The first kappa shape index (κ1) is 18.1. The molecule has 2 aromatic rings. The van der Waals surface area contributed by atoms with Gasteiger partial charge in [0.2, 0.25) is 0 Å². The van der Waals surface area contributed by atoms with Crippen LogP contribution in [-0.2, 0) is 19.1 Å². The van der Waals surface area contributed by atoms with Gasteiger partial charge in [-0.15, -0.1) is 0 Å². The van der Waals surface area contributed by atoms with E-state index in [1.54, 1.807) is 18.2 Å². The second kappa shape index (κ2) is 8.56. The van der Waals surface area contributed by atoms with Crippen LogP contribution in [0.5, 0.6) is 5.75 Å². The number of benzene rings is 2. The SMILES string of the molecule is O=CCC[C@H](COS(=O)(=O)c1ccccc1)Oc1ccc(F)cc1. The maximum absolute atomic E-state index is 12.9. The third-order valence-electron chi connectivity index (χ3n) is 3.16. The van der Waals surface area contributed by atoms with Crippen LogP contribution in [0.15, 0.2) is 59.5 Å². The summed E-state index contributed by atoms with van der Waals surface area (Å²) in [6, 6.07) is 13.0. The lowest BCUT2D eigenvalue weighted by Gasteiger charge is -2.18. The quantitative estimate of drug-likeness (QED) is 0.513. The van der Waals surface area contributed by atoms with Gasteiger partial charge in [-0.25, -0.2) is 4.39 Å². The van der Waals surface area contributed by atoms with Crippen molar-refractivity contribution < 1.29 is 26.5 Å². The minimum Gasteiger partial charge on any atom is -0.488 e. The molecular formula is C17H17FO5S. The van der Waals surface area contributed by atoms with Crippen LogP contribution in [0.2, 0.25) is 0 Å². The van der Waals surface area contributed by atoms with Crippen molar-refractivity contribution in [3.63, 3.8) is 0 Å². The van der Waals surface area contributed by atoms with E-state index in [4.69, 9.17) is 8.92 Å². The third-order valence-corrected chi connectivity index (χ3v) is 4.46. The predicted octanol–water partition coefficient (Wildman–Crippen LogP) is 2.96. The number of hydrogen-bond donors (Lipinski definition) is 0. The second-order valence-corrected chi connectivity index (χ2v) is 6.60. The first-order valence-electron chi connectivity index (χ1n) is 7.31. The van der Waals surface area contributed by atoms with Crippen LogP contribution in [0.25, 0.3) is 0 Å². The van der Waals surface area contributed by atoms with Gasteiger partial charge in [0, 0.05) is 6.42 Å². The van der Waals surface area contributed by atoms with Gasteiger partial charge in [0.25, 0.3) is 10.1 Å². The van der Waals surface area contributed by atoms with Crippen LogP contribution in [0, 0.1) is 5.82 Å². The van der Waals surface area contributed by atoms with Crippen molar-refractivity contribution in [1.29, 1.82) is 0 Å². The molecule has 0 spiro atoms. The molecule has 0 heterocycles. The Kier molecular flexibility index (Phi) is 6.45. The highest BCUT2D eigenvalue weighted by molar-refractivity contribution is 7.86. The average molecular weight is 352 g/mol. The van der Waals surface area contributed by atoms with Gasteiger partial charge >= 0.3 is 0 Å². The van der Waals surface area contributed by atoms with Crippen molar-refractivity contribution >= 4 is 16.4 Å². The van der Waals surface area contributed by atoms with E-state index < -0.39 is 22.0 Å². The zero-order valence-corrected chi connectivity index (χ0v) is 13.6. The van der Waals surface area contributed by atoms with Crippen LogP contribution in [0.4, 0.5) is 4.39 Å². The lowest BCUT2D eigenvalue weighted by atomic mass is 10.2. The van der Waals surface area contributed by atoms with Crippen LogP contribution >= 0.6 is 0 Å². The number of halogens is 1. The van der Waals surface area contributed by atoms with Crippen LogP contribution in [-0.4, -0.2) is 27.4 Å². The minimum atomic E-state index is -3.91. The fourth-order valence-electron chi connectivity index (χ4n) is 1.96. The molecule has 0 bridgehead atoms. The van der Waals surface area contributed by atoms with Crippen molar-refractivity contribution in [1.82, 2.24) is 0 Å². The highest BCUT2D eigenvalue weighted by Crippen LogP contribution is 2.17. The number of ether oxygens (including phenoxy) is 1. The van der Waals surface area contributed by atoms with Crippen LogP contribution in [0.3, 0.4) is 0 Å². The Morgan fingerprint density at radius 3 is 2.33 bits per heavy atom. The lowest BCUT2D eigenvalue weighted by molar-refractivity contribution is -0.108. The highest BCUT2D eigenvalue weighted by Gasteiger charge is 2.19. The molecule has 0 aliphatic carbocycles. The zero-order valence-electron chi connectivity index (χ0n) is 12.8. The first-order valence-corrected chi connectivity index (χ1v) is 8.72. The summed E-state index contributed by atoms with van der Waals surface area (Å²) < 4.78 is 47.7. The molecule has 5 nitrogen and oxygen atoms in total. The summed E-state index contributed by atoms with van der Waals surface area (Å²) in [7, 11) is -3.91. The molecule has 0 unspecified atom stereocenters. The molecule has 0 aliphatic rings. The number of rotatable bonds is 9. The first-order chi connectivity index (χ1) is 11.5. The van der Waals surface area contributed by atoms with E-state index in [0.717, 1.165) is 0 Å². The second-order valence-electron chi connectivity index (χ2n) is 4.99. The van der Waals surface area contributed by atoms with E-state index in [0.29, 0.717) is 12.0 Å². The Labute approximate surface area is 140 Å². The van der Waals surface area contributed by atoms with Gasteiger partial charge in [-0.2, -0.15) is 8.42 Å². The predicted molar refractivity (Wildman–Crippen MR) is 85.7 cm³/mol. The monoisotopic (exact) mass is 352 g/mol. The Hall–Kier alpha value is -2.25. The topological polar surface area (TPSA) is 69.7 Å². The summed E-state index contributed by atoms with van der Waals surface area (Å²) in [5, 5.41) is 0. The summed E-state index contributed by atoms with van der Waals surface area (Å²) in [5.74, 6) is -0.0392. The van der Waals surface area contributed by atoms with E-state index >= 15 is 0 Å². The minimum absolute atomic E-state index is 0.0425. The lowest BCUT2D eigenvalue weighted by Crippen LogP contribution is -2.25. The Bertz CT molecular complexity index is 744. The zero-order chi connectivity index (χ0) is 17.4. The molecule has 24 heavy (non-hydrogen) atoms.